The van der Waals surface area contributed by atoms with Crippen molar-refractivity contribution in [3.8, 4) is 5.75 Å². The summed E-state index contributed by atoms with van der Waals surface area (Å²) >= 11 is 0. The first kappa shape index (κ1) is 19.5. The van der Waals surface area contributed by atoms with Gasteiger partial charge in [0, 0.05) is 19.1 Å². The molecule has 5 nitrogen and oxygen atoms in total. The van der Waals surface area contributed by atoms with E-state index in [2.05, 4.69) is 0 Å². The Kier molecular flexibility index (Phi) is 6.51. The molecule has 3 N–H and O–H groups in total. The summed E-state index contributed by atoms with van der Waals surface area (Å²) in [5.41, 5.74) is 7.15. The Morgan fingerprint density at radius 2 is 2.19 bits per heavy atom. The third kappa shape index (κ3) is 4.55. The molecule has 0 bridgehead atoms. The van der Waals surface area contributed by atoms with Gasteiger partial charge in [0.05, 0.1) is 19.3 Å². The van der Waals surface area contributed by atoms with Crippen LogP contribution in [0.1, 0.15) is 44.6 Å². The summed E-state index contributed by atoms with van der Waals surface area (Å²) in [4.78, 5) is 6.19. The van der Waals surface area contributed by atoms with Gasteiger partial charge in [-0.2, -0.15) is 5.06 Å². The van der Waals surface area contributed by atoms with Crippen LogP contribution in [0.3, 0.4) is 0 Å². The van der Waals surface area contributed by atoms with Gasteiger partial charge in [-0.25, -0.2) is 4.39 Å². The van der Waals surface area contributed by atoms with Gasteiger partial charge in [-0.05, 0) is 62.1 Å². The molecule has 1 saturated heterocycles. The van der Waals surface area contributed by atoms with Gasteiger partial charge in [-0.3, -0.25) is 4.84 Å². The standard InChI is InChI=1S/C20H31FN2O3/c1-13(24)20(22)16-5-3-4-15(11-16)18-8-9-23(26-18)12-14-6-7-17(21)19(10-14)25-2/h6-7,10,13,15-16,18,20,24H,3-5,8-9,11-12,22H2,1-2H3/t13-,15?,16-,18-,20?/m0/s1. The molecule has 1 aliphatic heterocycles. The monoisotopic (exact) mass is 366 g/mol. The summed E-state index contributed by atoms with van der Waals surface area (Å²) < 4.78 is 18.6. The number of halogens is 1. The average molecular weight is 366 g/mol. The minimum atomic E-state index is -0.465. The first-order chi connectivity index (χ1) is 12.5. The van der Waals surface area contributed by atoms with Gasteiger partial charge in [0.15, 0.2) is 11.6 Å². The fraction of sp³-hybridized carbons (Fsp3) is 0.700. The molecule has 1 aliphatic carbocycles. The van der Waals surface area contributed by atoms with E-state index in [0.717, 1.165) is 44.2 Å². The van der Waals surface area contributed by atoms with Crippen molar-refractivity contribution in [2.45, 2.75) is 63.8 Å². The first-order valence-electron chi connectivity index (χ1n) is 9.65. The molecule has 1 saturated carbocycles. The van der Waals surface area contributed by atoms with E-state index in [4.69, 9.17) is 15.3 Å². The van der Waals surface area contributed by atoms with Crippen molar-refractivity contribution >= 4 is 0 Å². The van der Waals surface area contributed by atoms with E-state index in [1.165, 1.54) is 13.2 Å². The largest absolute Gasteiger partial charge is 0.494 e. The molecule has 1 aromatic carbocycles. The summed E-state index contributed by atoms with van der Waals surface area (Å²) in [7, 11) is 1.47. The van der Waals surface area contributed by atoms with E-state index in [1.807, 2.05) is 5.06 Å². The Balaban J connectivity index is 1.55. The molecule has 5 atom stereocenters. The average Bonchev–Trinajstić information content (AvgIpc) is 3.11. The second-order valence-corrected chi connectivity index (χ2v) is 7.77. The topological polar surface area (TPSA) is 68.0 Å². The van der Waals surface area contributed by atoms with Crippen LogP contribution in [0.5, 0.6) is 5.75 Å². The molecule has 1 aromatic rings. The molecule has 26 heavy (non-hydrogen) atoms. The second kappa shape index (κ2) is 8.65. The molecule has 2 unspecified atom stereocenters. The zero-order chi connectivity index (χ0) is 18.7. The van der Waals surface area contributed by atoms with Crippen LogP contribution in [0.4, 0.5) is 4.39 Å². The number of methoxy groups -OCH3 is 1. The highest BCUT2D eigenvalue weighted by Gasteiger charge is 2.36. The van der Waals surface area contributed by atoms with Crippen LogP contribution < -0.4 is 10.5 Å². The van der Waals surface area contributed by atoms with E-state index in [-0.39, 0.29) is 23.7 Å². The predicted molar refractivity (Wildman–Crippen MR) is 98.0 cm³/mol. The molecular weight excluding hydrogens is 335 g/mol. The number of nitrogens with two attached hydrogens (primary N) is 1. The van der Waals surface area contributed by atoms with Crippen molar-refractivity contribution in [1.82, 2.24) is 5.06 Å². The molecular formula is C20H31FN2O3. The molecule has 2 aliphatic rings. The minimum absolute atomic E-state index is 0.151. The van der Waals surface area contributed by atoms with Crippen molar-refractivity contribution in [3.63, 3.8) is 0 Å². The highest BCUT2D eigenvalue weighted by Crippen LogP contribution is 2.37. The molecule has 6 heteroatoms. The Bertz CT molecular complexity index is 598. The first-order valence-corrected chi connectivity index (χ1v) is 9.65. The minimum Gasteiger partial charge on any atom is -0.494 e. The van der Waals surface area contributed by atoms with Crippen molar-refractivity contribution in [1.29, 1.82) is 0 Å². The van der Waals surface area contributed by atoms with Crippen molar-refractivity contribution < 1.29 is 19.1 Å². The Labute approximate surface area is 155 Å². The maximum Gasteiger partial charge on any atom is 0.165 e. The molecule has 0 radical (unpaired) electrons. The quantitative estimate of drug-likeness (QED) is 0.810. The van der Waals surface area contributed by atoms with Crippen molar-refractivity contribution in [2.24, 2.45) is 17.6 Å². The molecule has 3 rings (SSSR count). The molecule has 2 fully saturated rings. The number of aliphatic hydroxyl groups excluding tert-OH is 1. The van der Waals surface area contributed by atoms with Crippen LogP contribution >= 0.6 is 0 Å². The number of ether oxygens (including phenoxy) is 1. The van der Waals surface area contributed by atoms with E-state index in [9.17, 15) is 9.50 Å². The number of hydroxylamine groups is 2. The van der Waals surface area contributed by atoms with Crippen LogP contribution in [-0.2, 0) is 11.4 Å². The van der Waals surface area contributed by atoms with E-state index >= 15 is 0 Å². The van der Waals surface area contributed by atoms with Crippen LogP contribution in [0, 0.1) is 17.7 Å². The zero-order valence-electron chi connectivity index (χ0n) is 15.7. The summed E-state index contributed by atoms with van der Waals surface area (Å²) in [6.45, 7) is 3.27. The number of benzene rings is 1. The van der Waals surface area contributed by atoms with Gasteiger partial charge < -0.3 is 15.6 Å². The van der Waals surface area contributed by atoms with Gasteiger partial charge in [-0.1, -0.05) is 12.5 Å². The van der Waals surface area contributed by atoms with E-state index in [1.54, 1.807) is 19.1 Å². The third-order valence-electron chi connectivity index (χ3n) is 5.90. The third-order valence-corrected chi connectivity index (χ3v) is 5.90. The van der Waals surface area contributed by atoms with Gasteiger partial charge >= 0.3 is 0 Å². The number of hydrogen-bond donors (Lipinski definition) is 2. The highest BCUT2D eigenvalue weighted by molar-refractivity contribution is 5.30. The lowest BCUT2D eigenvalue weighted by Crippen LogP contribution is -2.43. The normalized spacial score (nSPS) is 29.5. The van der Waals surface area contributed by atoms with Gasteiger partial charge in [0.2, 0.25) is 0 Å². The van der Waals surface area contributed by atoms with Gasteiger partial charge in [0.1, 0.15) is 0 Å². The fourth-order valence-electron chi connectivity index (χ4n) is 4.36. The fourth-order valence-corrected chi connectivity index (χ4v) is 4.36. The zero-order valence-corrected chi connectivity index (χ0v) is 15.7. The van der Waals surface area contributed by atoms with Gasteiger partial charge in [0.25, 0.3) is 0 Å². The van der Waals surface area contributed by atoms with E-state index < -0.39 is 6.10 Å². The number of hydrogen-bond acceptors (Lipinski definition) is 5. The van der Waals surface area contributed by atoms with Crippen LogP contribution in [0.25, 0.3) is 0 Å². The summed E-state index contributed by atoms with van der Waals surface area (Å²) in [5.74, 6) is 0.777. The maximum atomic E-state index is 13.5. The molecule has 0 spiro atoms. The lowest BCUT2D eigenvalue weighted by Gasteiger charge is -2.36. The van der Waals surface area contributed by atoms with Gasteiger partial charge in [-0.15, -0.1) is 0 Å². The van der Waals surface area contributed by atoms with E-state index in [0.29, 0.717) is 18.4 Å². The number of rotatable bonds is 6. The Morgan fingerprint density at radius 1 is 1.38 bits per heavy atom. The molecule has 0 amide bonds. The lowest BCUT2D eigenvalue weighted by molar-refractivity contribution is -0.170. The van der Waals surface area contributed by atoms with Crippen LogP contribution in [-0.4, -0.2) is 42.1 Å². The van der Waals surface area contributed by atoms with Crippen LogP contribution in [0.2, 0.25) is 0 Å². The Morgan fingerprint density at radius 3 is 2.92 bits per heavy atom. The van der Waals surface area contributed by atoms with Crippen molar-refractivity contribution in [3.05, 3.63) is 29.6 Å². The Hall–Kier alpha value is -1.21. The molecule has 1 heterocycles. The highest BCUT2D eigenvalue weighted by atomic mass is 19.1. The SMILES string of the molecule is COc1cc(CN2CC[C@@H](C3CCC[C@H](C(N)[C@H](C)O)C3)O2)ccc1F. The number of nitrogens with zero attached hydrogens (tertiary/aromatic N) is 1. The van der Waals surface area contributed by atoms with Crippen molar-refractivity contribution in [2.75, 3.05) is 13.7 Å². The predicted octanol–water partition coefficient (Wildman–Crippen LogP) is 2.85. The molecule has 146 valence electrons. The molecule has 0 aromatic heterocycles. The summed E-state index contributed by atoms with van der Waals surface area (Å²) in [5, 5.41) is 11.8. The maximum absolute atomic E-state index is 13.5. The summed E-state index contributed by atoms with van der Waals surface area (Å²) in [6.07, 6.45) is 5.16. The summed E-state index contributed by atoms with van der Waals surface area (Å²) in [6, 6.07) is 4.78. The van der Waals surface area contributed by atoms with Crippen LogP contribution in [0.15, 0.2) is 18.2 Å². The second-order valence-electron chi connectivity index (χ2n) is 7.77. The smallest absolute Gasteiger partial charge is 0.165 e. The lowest BCUT2D eigenvalue weighted by atomic mass is 9.74. The number of aliphatic hydroxyl groups is 1.